The van der Waals surface area contributed by atoms with Crippen molar-refractivity contribution >= 4 is 16.7 Å². The smallest absolute Gasteiger partial charge is 0.202 e. The third kappa shape index (κ3) is 3.23. The Bertz CT molecular complexity index is 463. The summed E-state index contributed by atoms with van der Waals surface area (Å²) in [7, 11) is 1.94. The molecule has 2 aromatic rings. The molecule has 92 valence electrons. The molecule has 0 aliphatic carbocycles. The van der Waals surface area contributed by atoms with E-state index in [9.17, 15) is 0 Å². The van der Waals surface area contributed by atoms with Crippen LogP contribution in [-0.2, 0) is 19.9 Å². The molecule has 0 aliphatic heterocycles. The molecule has 0 atom stereocenters. The molecule has 7 heteroatoms. The minimum Gasteiger partial charge on any atom is -0.360 e. The van der Waals surface area contributed by atoms with Gasteiger partial charge in [-0.15, -0.1) is 10.2 Å². The molecular formula is C10H16N6S. The van der Waals surface area contributed by atoms with E-state index in [0.29, 0.717) is 0 Å². The van der Waals surface area contributed by atoms with Crippen molar-refractivity contribution in [2.45, 2.75) is 26.2 Å². The highest BCUT2D eigenvalue weighted by molar-refractivity contribution is 7.09. The van der Waals surface area contributed by atoms with Crippen LogP contribution >= 0.6 is 11.5 Å². The lowest BCUT2D eigenvalue weighted by molar-refractivity contribution is 0.787. The zero-order chi connectivity index (χ0) is 12.1. The van der Waals surface area contributed by atoms with E-state index in [4.69, 9.17) is 0 Å². The van der Waals surface area contributed by atoms with Crippen molar-refractivity contribution in [2.75, 3.05) is 11.9 Å². The first-order chi connectivity index (χ1) is 8.29. The summed E-state index contributed by atoms with van der Waals surface area (Å²) in [6.45, 7) is 2.93. The van der Waals surface area contributed by atoms with Crippen LogP contribution in [0, 0.1) is 0 Å². The van der Waals surface area contributed by atoms with E-state index in [0.717, 1.165) is 42.6 Å². The first-order valence-electron chi connectivity index (χ1n) is 5.69. The summed E-state index contributed by atoms with van der Waals surface area (Å²) in [6.07, 6.45) is 4.56. The number of anilines is 1. The molecule has 0 radical (unpaired) electrons. The number of hydrogen-bond acceptors (Lipinski definition) is 6. The van der Waals surface area contributed by atoms with Crippen LogP contribution in [0.2, 0.25) is 0 Å². The van der Waals surface area contributed by atoms with Crippen LogP contribution in [-0.4, -0.2) is 30.7 Å². The normalized spacial score (nSPS) is 10.7. The predicted octanol–water partition coefficient (Wildman–Crippen LogP) is 1.27. The van der Waals surface area contributed by atoms with E-state index in [-0.39, 0.29) is 0 Å². The van der Waals surface area contributed by atoms with Crippen molar-refractivity contribution in [3.63, 3.8) is 0 Å². The van der Waals surface area contributed by atoms with Gasteiger partial charge in [0, 0.05) is 38.0 Å². The van der Waals surface area contributed by atoms with Crippen molar-refractivity contribution in [1.82, 2.24) is 24.1 Å². The Morgan fingerprint density at radius 1 is 1.41 bits per heavy atom. The Morgan fingerprint density at radius 2 is 2.29 bits per heavy atom. The third-order valence-electron chi connectivity index (χ3n) is 2.37. The predicted molar refractivity (Wildman–Crippen MR) is 67.1 cm³/mol. The fourth-order valence-corrected chi connectivity index (χ4v) is 2.10. The van der Waals surface area contributed by atoms with Crippen molar-refractivity contribution < 1.29 is 0 Å². The average molecular weight is 252 g/mol. The summed E-state index contributed by atoms with van der Waals surface area (Å²) in [6, 6.07) is 0. The lowest BCUT2D eigenvalue weighted by atomic mass is 10.3. The van der Waals surface area contributed by atoms with Gasteiger partial charge in [-0.2, -0.15) is 4.37 Å². The summed E-state index contributed by atoms with van der Waals surface area (Å²) >= 11 is 1.42. The molecular weight excluding hydrogens is 236 g/mol. The molecule has 0 aromatic carbocycles. The van der Waals surface area contributed by atoms with E-state index < -0.39 is 0 Å². The SMILES string of the molecule is CCCc1nsc(NCCc2nncn2C)n1. The number of hydrogen-bond donors (Lipinski definition) is 1. The Kier molecular flexibility index (Phi) is 4.03. The van der Waals surface area contributed by atoms with Gasteiger partial charge in [-0.25, -0.2) is 4.98 Å². The van der Waals surface area contributed by atoms with Crippen LogP contribution in [0.5, 0.6) is 0 Å². The molecule has 0 saturated carbocycles. The third-order valence-corrected chi connectivity index (χ3v) is 3.08. The van der Waals surface area contributed by atoms with Crippen LogP contribution < -0.4 is 5.32 Å². The van der Waals surface area contributed by atoms with Gasteiger partial charge in [0.05, 0.1) is 0 Å². The van der Waals surface area contributed by atoms with Crippen molar-refractivity contribution in [3.05, 3.63) is 18.0 Å². The summed E-state index contributed by atoms with van der Waals surface area (Å²) in [5, 5.41) is 12.0. The Labute approximate surface area is 104 Å². The van der Waals surface area contributed by atoms with Gasteiger partial charge in [-0.3, -0.25) is 0 Å². The maximum Gasteiger partial charge on any atom is 0.202 e. The first-order valence-corrected chi connectivity index (χ1v) is 6.46. The summed E-state index contributed by atoms with van der Waals surface area (Å²) in [5.74, 6) is 1.90. The molecule has 0 spiro atoms. The zero-order valence-corrected chi connectivity index (χ0v) is 10.9. The van der Waals surface area contributed by atoms with Gasteiger partial charge in [-0.05, 0) is 6.42 Å². The second-order valence-corrected chi connectivity index (χ2v) is 4.55. The molecule has 0 saturated heterocycles. The van der Waals surface area contributed by atoms with Crippen LogP contribution in [0.25, 0.3) is 0 Å². The van der Waals surface area contributed by atoms with Crippen molar-refractivity contribution in [3.8, 4) is 0 Å². The van der Waals surface area contributed by atoms with Crippen molar-refractivity contribution in [1.29, 1.82) is 0 Å². The largest absolute Gasteiger partial charge is 0.360 e. The molecule has 6 nitrogen and oxygen atoms in total. The van der Waals surface area contributed by atoms with Gasteiger partial charge in [0.2, 0.25) is 5.13 Å². The molecule has 0 unspecified atom stereocenters. The lowest BCUT2D eigenvalue weighted by Gasteiger charge is -2.01. The second-order valence-electron chi connectivity index (χ2n) is 3.80. The lowest BCUT2D eigenvalue weighted by Crippen LogP contribution is -2.08. The molecule has 2 aromatic heterocycles. The summed E-state index contributed by atoms with van der Waals surface area (Å²) in [4.78, 5) is 4.39. The molecule has 2 heterocycles. The first kappa shape index (κ1) is 12.0. The molecule has 0 bridgehead atoms. The standard InChI is InChI=1S/C10H16N6S/c1-3-4-8-13-10(17-15-8)11-6-5-9-14-12-7-16(9)2/h7H,3-6H2,1-2H3,(H,11,13,15). The fourth-order valence-electron chi connectivity index (χ4n) is 1.47. The Morgan fingerprint density at radius 3 is 3.00 bits per heavy atom. The molecule has 0 aliphatic rings. The average Bonchev–Trinajstić information content (AvgIpc) is 2.90. The highest BCUT2D eigenvalue weighted by atomic mass is 32.1. The fraction of sp³-hybridized carbons (Fsp3) is 0.600. The highest BCUT2D eigenvalue weighted by Crippen LogP contribution is 2.11. The van der Waals surface area contributed by atoms with Crippen LogP contribution in [0.4, 0.5) is 5.13 Å². The van der Waals surface area contributed by atoms with Crippen LogP contribution in [0.3, 0.4) is 0 Å². The summed E-state index contributed by atoms with van der Waals surface area (Å²) in [5.41, 5.74) is 0. The van der Waals surface area contributed by atoms with Gasteiger partial charge in [0.15, 0.2) is 0 Å². The van der Waals surface area contributed by atoms with E-state index in [1.165, 1.54) is 11.5 Å². The maximum atomic E-state index is 4.39. The maximum absolute atomic E-state index is 4.39. The van der Waals surface area contributed by atoms with Crippen LogP contribution in [0.15, 0.2) is 6.33 Å². The number of rotatable bonds is 6. The summed E-state index contributed by atoms with van der Waals surface area (Å²) < 4.78 is 6.19. The van der Waals surface area contributed by atoms with E-state index in [2.05, 4.69) is 31.8 Å². The molecule has 0 amide bonds. The van der Waals surface area contributed by atoms with Crippen LogP contribution in [0.1, 0.15) is 25.0 Å². The van der Waals surface area contributed by atoms with Gasteiger partial charge in [-0.1, -0.05) is 6.92 Å². The molecule has 2 rings (SSSR count). The Balaban J connectivity index is 1.80. The molecule has 0 fully saturated rings. The van der Waals surface area contributed by atoms with E-state index in [1.807, 2.05) is 11.6 Å². The zero-order valence-electron chi connectivity index (χ0n) is 10.1. The second kappa shape index (κ2) is 5.72. The van der Waals surface area contributed by atoms with Gasteiger partial charge >= 0.3 is 0 Å². The molecule has 17 heavy (non-hydrogen) atoms. The van der Waals surface area contributed by atoms with Gasteiger partial charge in [0.1, 0.15) is 18.0 Å². The number of nitrogens with zero attached hydrogens (tertiary/aromatic N) is 5. The monoisotopic (exact) mass is 252 g/mol. The molecule has 1 N–H and O–H groups in total. The number of nitrogens with one attached hydrogen (secondary N) is 1. The Hall–Kier alpha value is -1.50. The minimum atomic E-state index is 0.799. The van der Waals surface area contributed by atoms with Gasteiger partial charge < -0.3 is 9.88 Å². The topological polar surface area (TPSA) is 68.5 Å². The van der Waals surface area contributed by atoms with E-state index >= 15 is 0 Å². The van der Waals surface area contributed by atoms with Crippen molar-refractivity contribution in [2.24, 2.45) is 7.05 Å². The van der Waals surface area contributed by atoms with Gasteiger partial charge in [0.25, 0.3) is 0 Å². The minimum absolute atomic E-state index is 0.799. The van der Waals surface area contributed by atoms with E-state index in [1.54, 1.807) is 6.33 Å². The number of aromatic nitrogens is 5. The number of aryl methyl sites for hydroxylation is 2. The highest BCUT2D eigenvalue weighted by Gasteiger charge is 2.04. The quantitative estimate of drug-likeness (QED) is 0.838.